The Balaban J connectivity index is 2.45. The van der Waals surface area contributed by atoms with Crippen molar-refractivity contribution in [3.05, 3.63) is 24.3 Å². The van der Waals surface area contributed by atoms with E-state index in [1.54, 1.807) is 31.2 Å². The van der Waals surface area contributed by atoms with E-state index in [0.29, 0.717) is 12.3 Å². The number of hydrogen-bond acceptors (Lipinski definition) is 3. The zero-order valence-electron chi connectivity index (χ0n) is 11.0. The Bertz CT molecular complexity index is 431. The molecule has 0 aromatic heterocycles. The second-order valence-corrected chi connectivity index (χ2v) is 4.05. The zero-order chi connectivity index (χ0) is 14.3. The van der Waals surface area contributed by atoms with Crippen molar-refractivity contribution in [1.29, 1.82) is 0 Å². The van der Waals surface area contributed by atoms with E-state index >= 15 is 0 Å². The van der Waals surface area contributed by atoms with Crippen LogP contribution in [0.5, 0.6) is 5.75 Å². The molecular weight excluding hydrogens is 248 g/mol. The van der Waals surface area contributed by atoms with Crippen LogP contribution in [0.25, 0.3) is 0 Å². The molecule has 19 heavy (non-hydrogen) atoms. The molecule has 0 aliphatic rings. The lowest BCUT2D eigenvalue weighted by atomic mass is 10.2. The van der Waals surface area contributed by atoms with Crippen molar-refractivity contribution >= 4 is 17.7 Å². The number of nitrogens with one attached hydrogen (secondary N) is 2. The fourth-order valence-corrected chi connectivity index (χ4v) is 1.51. The Morgan fingerprint density at radius 3 is 2.47 bits per heavy atom. The average molecular weight is 266 g/mol. The summed E-state index contributed by atoms with van der Waals surface area (Å²) in [6.45, 7) is 4.11. The number of urea groups is 1. The summed E-state index contributed by atoms with van der Waals surface area (Å²) in [7, 11) is 0. The number of rotatable bonds is 6. The molecule has 1 aromatic rings. The highest BCUT2D eigenvalue weighted by Crippen LogP contribution is 2.15. The maximum absolute atomic E-state index is 11.6. The van der Waals surface area contributed by atoms with Crippen LogP contribution in [0.1, 0.15) is 20.3 Å². The molecule has 3 N–H and O–H groups in total. The molecule has 6 nitrogen and oxygen atoms in total. The summed E-state index contributed by atoms with van der Waals surface area (Å²) in [5.74, 6) is -0.221. The molecule has 0 saturated carbocycles. The van der Waals surface area contributed by atoms with E-state index in [2.05, 4.69) is 10.6 Å². The van der Waals surface area contributed by atoms with Gasteiger partial charge in [-0.2, -0.15) is 0 Å². The largest absolute Gasteiger partial charge is 0.494 e. The van der Waals surface area contributed by atoms with Crippen LogP contribution in [-0.4, -0.2) is 29.8 Å². The molecule has 0 bridgehead atoms. The summed E-state index contributed by atoms with van der Waals surface area (Å²) in [4.78, 5) is 22.0. The minimum Gasteiger partial charge on any atom is -0.494 e. The van der Waals surface area contributed by atoms with Crippen molar-refractivity contribution < 1.29 is 19.4 Å². The minimum atomic E-state index is -0.950. The van der Waals surface area contributed by atoms with Gasteiger partial charge < -0.3 is 20.5 Å². The lowest BCUT2D eigenvalue weighted by Crippen LogP contribution is -2.37. The van der Waals surface area contributed by atoms with Crippen molar-refractivity contribution in [1.82, 2.24) is 5.32 Å². The number of benzene rings is 1. The van der Waals surface area contributed by atoms with Crippen molar-refractivity contribution in [2.75, 3.05) is 11.9 Å². The molecule has 1 unspecified atom stereocenters. The molecule has 0 aliphatic carbocycles. The Morgan fingerprint density at radius 1 is 1.32 bits per heavy atom. The molecule has 0 radical (unpaired) electrons. The van der Waals surface area contributed by atoms with Crippen molar-refractivity contribution in [3.63, 3.8) is 0 Å². The van der Waals surface area contributed by atoms with E-state index in [1.165, 1.54) is 0 Å². The minimum absolute atomic E-state index is 0.114. The fraction of sp³-hybridized carbons (Fsp3) is 0.385. The Labute approximate surface area is 111 Å². The van der Waals surface area contributed by atoms with Gasteiger partial charge in [-0.3, -0.25) is 4.79 Å². The highest BCUT2D eigenvalue weighted by atomic mass is 16.5. The molecule has 0 saturated heterocycles. The first kappa shape index (κ1) is 14.8. The lowest BCUT2D eigenvalue weighted by molar-refractivity contribution is -0.137. The number of carboxylic acid groups (broad SMARTS) is 1. The standard InChI is InChI=1S/C13H18N2O4/c1-3-19-11-6-4-10(5-7-11)15-13(18)14-9(2)8-12(16)17/h4-7,9H,3,8H2,1-2H3,(H,16,17)(H2,14,15,18). The van der Waals surface area contributed by atoms with Crippen LogP contribution in [0, 0.1) is 0 Å². The van der Waals surface area contributed by atoms with E-state index in [4.69, 9.17) is 9.84 Å². The van der Waals surface area contributed by atoms with Crippen LogP contribution in [0.15, 0.2) is 24.3 Å². The number of carbonyl (C=O) groups excluding carboxylic acids is 1. The lowest BCUT2D eigenvalue weighted by Gasteiger charge is -2.13. The molecule has 0 spiro atoms. The van der Waals surface area contributed by atoms with Crippen LogP contribution in [-0.2, 0) is 4.79 Å². The van der Waals surface area contributed by atoms with Gasteiger partial charge in [0.25, 0.3) is 0 Å². The zero-order valence-corrected chi connectivity index (χ0v) is 11.0. The summed E-state index contributed by atoms with van der Waals surface area (Å²) in [6, 6.07) is 6.07. The van der Waals surface area contributed by atoms with Gasteiger partial charge in [0.05, 0.1) is 13.0 Å². The van der Waals surface area contributed by atoms with E-state index in [1.807, 2.05) is 6.92 Å². The van der Waals surface area contributed by atoms with Gasteiger partial charge in [-0.1, -0.05) is 0 Å². The van der Waals surface area contributed by atoms with E-state index < -0.39 is 18.0 Å². The SMILES string of the molecule is CCOc1ccc(NC(=O)NC(C)CC(=O)O)cc1. The fourth-order valence-electron chi connectivity index (χ4n) is 1.51. The van der Waals surface area contributed by atoms with Gasteiger partial charge in [-0.05, 0) is 38.1 Å². The number of hydrogen-bond donors (Lipinski definition) is 3. The number of carboxylic acids is 1. The molecule has 0 fully saturated rings. The number of aliphatic carboxylic acids is 1. The second-order valence-electron chi connectivity index (χ2n) is 4.05. The van der Waals surface area contributed by atoms with Gasteiger partial charge in [0.2, 0.25) is 0 Å². The molecule has 6 heteroatoms. The maximum Gasteiger partial charge on any atom is 0.319 e. The van der Waals surface area contributed by atoms with Crippen LogP contribution < -0.4 is 15.4 Å². The summed E-state index contributed by atoms with van der Waals surface area (Å²) in [5.41, 5.74) is 0.614. The molecule has 1 atom stereocenters. The first-order chi connectivity index (χ1) is 9.01. The van der Waals surface area contributed by atoms with Gasteiger partial charge >= 0.3 is 12.0 Å². The number of ether oxygens (including phenoxy) is 1. The van der Waals surface area contributed by atoms with Gasteiger partial charge in [-0.15, -0.1) is 0 Å². The van der Waals surface area contributed by atoms with Crippen LogP contribution in [0.3, 0.4) is 0 Å². The van der Waals surface area contributed by atoms with Crippen LogP contribution in [0.4, 0.5) is 10.5 Å². The first-order valence-corrected chi connectivity index (χ1v) is 6.03. The maximum atomic E-state index is 11.6. The number of anilines is 1. The molecule has 2 amide bonds. The van der Waals surface area contributed by atoms with Crippen LogP contribution in [0.2, 0.25) is 0 Å². The highest BCUT2D eigenvalue weighted by Gasteiger charge is 2.10. The predicted molar refractivity (Wildman–Crippen MR) is 71.5 cm³/mol. The van der Waals surface area contributed by atoms with Crippen molar-refractivity contribution in [3.8, 4) is 5.75 Å². The van der Waals surface area contributed by atoms with Gasteiger partial charge in [0.15, 0.2) is 0 Å². The normalized spacial score (nSPS) is 11.5. The van der Waals surface area contributed by atoms with Gasteiger partial charge in [0, 0.05) is 11.7 Å². The Morgan fingerprint density at radius 2 is 1.95 bits per heavy atom. The Kier molecular flexibility index (Phi) is 5.66. The summed E-state index contributed by atoms with van der Waals surface area (Å²) in [6.07, 6.45) is -0.114. The first-order valence-electron chi connectivity index (χ1n) is 6.03. The molecule has 0 heterocycles. The Hall–Kier alpha value is -2.24. The number of carbonyl (C=O) groups is 2. The average Bonchev–Trinajstić information content (AvgIpc) is 2.30. The monoisotopic (exact) mass is 266 g/mol. The van der Waals surface area contributed by atoms with E-state index in [0.717, 1.165) is 5.75 Å². The molecule has 0 aliphatic heterocycles. The summed E-state index contributed by atoms with van der Waals surface area (Å²) in [5, 5.41) is 13.7. The third-order valence-electron chi connectivity index (χ3n) is 2.28. The molecular formula is C13H18N2O4. The van der Waals surface area contributed by atoms with Gasteiger partial charge in [0.1, 0.15) is 5.75 Å². The topological polar surface area (TPSA) is 87.7 Å². The quantitative estimate of drug-likeness (QED) is 0.735. The summed E-state index contributed by atoms with van der Waals surface area (Å²) < 4.78 is 5.28. The second kappa shape index (κ2) is 7.25. The van der Waals surface area contributed by atoms with E-state index in [-0.39, 0.29) is 6.42 Å². The van der Waals surface area contributed by atoms with Crippen LogP contribution >= 0.6 is 0 Å². The third-order valence-corrected chi connectivity index (χ3v) is 2.28. The molecule has 104 valence electrons. The highest BCUT2D eigenvalue weighted by molar-refractivity contribution is 5.89. The molecule has 1 rings (SSSR count). The van der Waals surface area contributed by atoms with Crippen molar-refractivity contribution in [2.45, 2.75) is 26.3 Å². The predicted octanol–water partition coefficient (Wildman–Crippen LogP) is 2.07. The smallest absolute Gasteiger partial charge is 0.319 e. The van der Waals surface area contributed by atoms with Crippen molar-refractivity contribution in [2.24, 2.45) is 0 Å². The van der Waals surface area contributed by atoms with Gasteiger partial charge in [-0.25, -0.2) is 4.79 Å². The summed E-state index contributed by atoms with van der Waals surface area (Å²) >= 11 is 0. The number of amides is 2. The third kappa shape index (κ3) is 5.76. The molecule has 1 aromatic carbocycles. The van der Waals surface area contributed by atoms with E-state index in [9.17, 15) is 9.59 Å².